The Kier molecular flexibility index (Phi) is 5.37. The fourth-order valence-electron chi connectivity index (χ4n) is 2.60. The molecule has 1 aromatic rings. The molecule has 21 heavy (non-hydrogen) atoms. The van der Waals surface area contributed by atoms with Gasteiger partial charge in [0.05, 0.1) is 36.5 Å². The average Bonchev–Trinajstić information content (AvgIpc) is 2.91. The molecular formula is C13H23N3O4S. The van der Waals surface area contributed by atoms with Crippen molar-refractivity contribution >= 4 is 9.84 Å². The number of hydroxylamine groups is 1. The molecule has 8 heteroatoms. The summed E-state index contributed by atoms with van der Waals surface area (Å²) in [5.41, 5.74) is 5.84. The summed E-state index contributed by atoms with van der Waals surface area (Å²) in [6.07, 6.45) is 0.640. The first-order valence-corrected chi connectivity index (χ1v) is 8.85. The third-order valence-electron chi connectivity index (χ3n) is 3.77. The summed E-state index contributed by atoms with van der Waals surface area (Å²) in [5.74, 6) is 0.440. The molecule has 2 heterocycles. The van der Waals surface area contributed by atoms with Gasteiger partial charge >= 0.3 is 0 Å². The highest BCUT2D eigenvalue weighted by Gasteiger charge is 2.31. The van der Waals surface area contributed by atoms with Gasteiger partial charge in [0.1, 0.15) is 0 Å². The molecule has 1 N–H and O–H groups in total. The van der Waals surface area contributed by atoms with Crippen LogP contribution in [0.1, 0.15) is 29.4 Å². The van der Waals surface area contributed by atoms with Gasteiger partial charge in [-0.25, -0.2) is 8.42 Å². The zero-order valence-electron chi connectivity index (χ0n) is 12.8. The lowest BCUT2D eigenvalue weighted by Gasteiger charge is -2.11. The lowest BCUT2D eigenvalue weighted by Crippen LogP contribution is -2.18. The van der Waals surface area contributed by atoms with E-state index in [1.54, 1.807) is 7.11 Å². The number of aryl methyl sites for hydroxylation is 1. The normalized spacial score (nSPS) is 21.0. The molecule has 0 spiro atoms. The Morgan fingerprint density at radius 3 is 2.76 bits per heavy atom. The van der Waals surface area contributed by atoms with Crippen molar-refractivity contribution < 1.29 is 18.0 Å². The van der Waals surface area contributed by atoms with Crippen LogP contribution in [0, 0.1) is 13.8 Å². The van der Waals surface area contributed by atoms with Crippen LogP contribution in [0.4, 0.5) is 0 Å². The SMILES string of the molecule is COCCONCc1c(C)nn(C2CCS(=O)(=O)C2)c1C. The topological polar surface area (TPSA) is 82.4 Å². The first kappa shape index (κ1) is 16.4. The van der Waals surface area contributed by atoms with E-state index >= 15 is 0 Å². The molecule has 7 nitrogen and oxygen atoms in total. The monoisotopic (exact) mass is 317 g/mol. The Hall–Kier alpha value is -0.960. The minimum absolute atomic E-state index is 0.0446. The van der Waals surface area contributed by atoms with E-state index in [-0.39, 0.29) is 17.5 Å². The van der Waals surface area contributed by atoms with E-state index in [2.05, 4.69) is 10.6 Å². The summed E-state index contributed by atoms with van der Waals surface area (Å²) in [4.78, 5) is 5.25. The Bertz CT molecular complexity index is 582. The second-order valence-electron chi connectivity index (χ2n) is 5.31. The number of rotatable bonds is 7. The molecule has 1 unspecified atom stereocenters. The smallest absolute Gasteiger partial charge is 0.152 e. The van der Waals surface area contributed by atoms with Crippen LogP contribution in [-0.4, -0.2) is 50.0 Å². The lowest BCUT2D eigenvalue weighted by atomic mass is 10.2. The van der Waals surface area contributed by atoms with Gasteiger partial charge in [0.25, 0.3) is 0 Å². The third kappa shape index (κ3) is 4.03. The maximum Gasteiger partial charge on any atom is 0.152 e. The van der Waals surface area contributed by atoms with Gasteiger partial charge in [-0.15, -0.1) is 0 Å². The molecular weight excluding hydrogens is 294 g/mol. The molecule has 1 saturated heterocycles. The Morgan fingerprint density at radius 1 is 1.38 bits per heavy atom. The fourth-order valence-corrected chi connectivity index (χ4v) is 4.29. The summed E-state index contributed by atoms with van der Waals surface area (Å²) in [6, 6.07) is -0.0446. The average molecular weight is 317 g/mol. The van der Waals surface area contributed by atoms with E-state index < -0.39 is 9.84 Å². The summed E-state index contributed by atoms with van der Waals surface area (Å²) < 4.78 is 30.0. The Balaban J connectivity index is 2.01. The summed E-state index contributed by atoms with van der Waals surface area (Å²) in [7, 11) is -1.28. The van der Waals surface area contributed by atoms with Crippen molar-refractivity contribution in [1.82, 2.24) is 15.3 Å². The number of nitrogens with one attached hydrogen (secondary N) is 1. The van der Waals surface area contributed by atoms with Gasteiger partial charge in [0.15, 0.2) is 9.84 Å². The third-order valence-corrected chi connectivity index (χ3v) is 5.52. The zero-order valence-corrected chi connectivity index (χ0v) is 13.6. The number of nitrogens with zero attached hydrogens (tertiary/aromatic N) is 2. The molecule has 1 atom stereocenters. The van der Waals surface area contributed by atoms with Crippen LogP contribution in [0.2, 0.25) is 0 Å². The van der Waals surface area contributed by atoms with Gasteiger partial charge in [-0.05, 0) is 20.3 Å². The van der Waals surface area contributed by atoms with Crippen molar-refractivity contribution in [2.24, 2.45) is 0 Å². The second-order valence-corrected chi connectivity index (χ2v) is 7.54. The molecule has 0 radical (unpaired) electrons. The van der Waals surface area contributed by atoms with E-state index in [1.807, 2.05) is 18.5 Å². The molecule has 2 rings (SSSR count). The number of aromatic nitrogens is 2. The van der Waals surface area contributed by atoms with Crippen LogP contribution >= 0.6 is 0 Å². The van der Waals surface area contributed by atoms with Crippen LogP contribution in [0.25, 0.3) is 0 Å². The van der Waals surface area contributed by atoms with Crippen molar-refractivity contribution in [3.8, 4) is 0 Å². The zero-order chi connectivity index (χ0) is 15.5. The highest BCUT2D eigenvalue weighted by Crippen LogP contribution is 2.26. The van der Waals surface area contributed by atoms with Gasteiger partial charge in [-0.3, -0.25) is 9.52 Å². The fraction of sp³-hybridized carbons (Fsp3) is 0.769. The molecule has 1 aromatic heterocycles. The second kappa shape index (κ2) is 6.87. The molecule has 0 bridgehead atoms. The molecule has 0 saturated carbocycles. The van der Waals surface area contributed by atoms with Crippen molar-refractivity contribution in [1.29, 1.82) is 0 Å². The van der Waals surface area contributed by atoms with E-state index in [4.69, 9.17) is 9.57 Å². The quantitative estimate of drug-likeness (QED) is 0.583. The molecule has 0 amide bonds. The van der Waals surface area contributed by atoms with Crippen molar-refractivity contribution in [2.75, 3.05) is 31.8 Å². The maximum atomic E-state index is 11.6. The van der Waals surface area contributed by atoms with Gasteiger partial charge in [-0.1, -0.05) is 0 Å². The minimum Gasteiger partial charge on any atom is -0.382 e. The van der Waals surface area contributed by atoms with E-state index in [0.29, 0.717) is 26.2 Å². The summed E-state index contributed by atoms with van der Waals surface area (Å²) >= 11 is 0. The molecule has 0 aromatic carbocycles. The van der Waals surface area contributed by atoms with Gasteiger partial charge in [0, 0.05) is 24.9 Å². The predicted molar refractivity (Wildman–Crippen MR) is 78.7 cm³/mol. The Morgan fingerprint density at radius 2 is 2.14 bits per heavy atom. The number of hydrogen-bond acceptors (Lipinski definition) is 6. The number of sulfone groups is 1. The standard InChI is InChI=1S/C13H23N3O4S/c1-10-13(8-14-20-6-5-19-3)11(2)16(15-10)12-4-7-21(17,18)9-12/h12,14H,4-9H2,1-3H3. The van der Waals surface area contributed by atoms with Crippen LogP contribution in [0.5, 0.6) is 0 Å². The predicted octanol–water partition coefficient (Wildman–Crippen LogP) is 0.527. The summed E-state index contributed by atoms with van der Waals surface area (Å²) in [5, 5.41) is 4.50. The largest absolute Gasteiger partial charge is 0.382 e. The molecule has 120 valence electrons. The van der Waals surface area contributed by atoms with E-state index in [1.165, 1.54) is 0 Å². The minimum atomic E-state index is -2.91. The van der Waals surface area contributed by atoms with Crippen LogP contribution in [0.3, 0.4) is 0 Å². The first-order valence-electron chi connectivity index (χ1n) is 7.03. The van der Waals surface area contributed by atoms with Crippen LogP contribution in [0.15, 0.2) is 0 Å². The molecule has 1 aliphatic rings. The van der Waals surface area contributed by atoms with Gasteiger partial charge in [0.2, 0.25) is 0 Å². The molecule has 1 fully saturated rings. The maximum absolute atomic E-state index is 11.6. The van der Waals surface area contributed by atoms with Crippen LogP contribution < -0.4 is 5.48 Å². The highest BCUT2D eigenvalue weighted by molar-refractivity contribution is 7.91. The van der Waals surface area contributed by atoms with Crippen LogP contribution in [-0.2, 0) is 26.0 Å². The van der Waals surface area contributed by atoms with E-state index in [9.17, 15) is 8.42 Å². The molecule has 0 aliphatic carbocycles. The van der Waals surface area contributed by atoms with Gasteiger partial charge < -0.3 is 4.74 Å². The lowest BCUT2D eigenvalue weighted by molar-refractivity contribution is 0.00331. The van der Waals surface area contributed by atoms with Gasteiger partial charge in [-0.2, -0.15) is 10.6 Å². The van der Waals surface area contributed by atoms with Crippen molar-refractivity contribution in [3.63, 3.8) is 0 Å². The van der Waals surface area contributed by atoms with Crippen molar-refractivity contribution in [2.45, 2.75) is 32.9 Å². The number of methoxy groups -OCH3 is 1. The first-order chi connectivity index (χ1) is 9.94. The number of ether oxygens (including phenoxy) is 1. The Labute approximate surface area is 125 Å². The highest BCUT2D eigenvalue weighted by atomic mass is 32.2. The van der Waals surface area contributed by atoms with E-state index in [0.717, 1.165) is 17.0 Å². The summed E-state index contributed by atoms with van der Waals surface area (Å²) in [6.45, 7) is 5.45. The number of hydrogen-bond donors (Lipinski definition) is 1. The molecule has 1 aliphatic heterocycles. The van der Waals surface area contributed by atoms with Crippen molar-refractivity contribution in [3.05, 3.63) is 17.0 Å².